The van der Waals surface area contributed by atoms with Gasteiger partial charge in [0.05, 0.1) is 11.4 Å². The summed E-state index contributed by atoms with van der Waals surface area (Å²) in [6.45, 7) is 2.25. The second-order valence-electron chi connectivity index (χ2n) is 4.85. The Hall–Kier alpha value is -1.89. The molecule has 1 aliphatic rings. The number of fused-ring (bicyclic) bond motifs is 1. The number of hydrogen-bond acceptors (Lipinski definition) is 5. The van der Waals surface area contributed by atoms with Crippen molar-refractivity contribution in [3.05, 3.63) is 59.7 Å². The topological polar surface area (TPSA) is 55.8 Å². The van der Waals surface area contributed by atoms with Crippen LogP contribution in [0.1, 0.15) is 11.1 Å². The molecule has 0 saturated carbocycles. The maximum Gasteiger partial charge on any atom is 0.298 e. The standard InChI is InChI=1S/C15H15NO4S/c1-12-6-8-14(9-7-12)21(17,18)19-11-16-10-13-4-2-3-5-15(13)20-16/h2-9H,10-11H2,1H3. The van der Waals surface area contributed by atoms with Crippen LogP contribution in [0.3, 0.4) is 0 Å². The van der Waals surface area contributed by atoms with Gasteiger partial charge >= 0.3 is 0 Å². The molecule has 1 heterocycles. The molecule has 5 nitrogen and oxygen atoms in total. The molecule has 6 heteroatoms. The van der Waals surface area contributed by atoms with E-state index in [1.54, 1.807) is 12.1 Å². The second-order valence-corrected chi connectivity index (χ2v) is 6.47. The Labute approximate surface area is 123 Å². The molecule has 0 fully saturated rings. The maximum absolute atomic E-state index is 12.1. The molecule has 0 N–H and O–H groups in total. The summed E-state index contributed by atoms with van der Waals surface area (Å²) in [7, 11) is -3.77. The Bertz CT molecular complexity index is 716. The summed E-state index contributed by atoms with van der Waals surface area (Å²) in [6, 6.07) is 14.1. The highest BCUT2D eigenvalue weighted by Gasteiger charge is 2.23. The zero-order valence-electron chi connectivity index (χ0n) is 11.5. The molecule has 0 radical (unpaired) electrons. The Kier molecular flexibility index (Phi) is 3.67. The van der Waals surface area contributed by atoms with Crippen molar-refractivity contribution >= 4 is 10.1 Å². The van der Waals surface area contributed by atoms with Crippen LogP contribution in [0, 0.1) is 6.92 Å². The van der Waals surface area contributed by atoms with E-state index in [1.807, 2.05) is 31.2 Å². The van der Waals surface area contributed by atoms with Gasteiger partial charge in [0.15, 0.2) is 12.5 Å². The van der Waals surface area contributed by atoms with Crippen LogP contribution < -0.4 is 4.84 Å². The zero-order chi connectivity index (χ0) is 14.9. The van der Waals surface area contributed by atoms with Crippen molar-refractivity contribution in [2.75, 3.05) is 6.73 Å². The molecule has 0 amide bonds. The van der Waals surface area contributed by atoms with E-state index in [2.05, 4.69) is 0 Å². The fourth-order valence-electron chi connectivity index (χ4n) is 2.06. The van der Waals surface area contributed by atoms with Gasteiger partial charge in [-0.1, -0.05) is 35.9 Å². The number of para-hydroxylation sites is 1. The van der Waals surface area contributed by atoms with Gasteiger partial charge < -0.3 is 4.84 Å². The lowest BCUT2D eigenvalue weighted by atomic mass is 10.2. The lowest BCUT2D eigenvalue weighted by molar-refractivity contribution is -0.0913. The number of hydroxylamine groups is 2. The third-order valence-electron chi connectivity index (χ3n) is 3.21. The highest BCUT2D eigenvalue weighted by atomic mass is 32.2. The molecule has 3 rings (SSSR count). The van der Waals surface area contributed by atoms with Gasteiger partial charge in [-0.3, -0.25) is 0 Å². The third-order valence-corrected chi connectivity index (χ3v) is 4.47. The summed E-state index contributed by atoms with van der Waals surface area (Å²) >= 11 is 0. The number of benzene rings is 2. The smallest absolute Gasteiger partial charge is 0.298 e. The van der Waals surface area contributed by atoms with Gasteiger partial charge in [0, 0.05) is 5.56 Å². The summed E-state index contributed by atoms with van der Waals surface area (Å²) in [6.07, 6.45) is 0. The van der Waals surface area contributed by atoms with Gasteiger partial charge in [0.2, 0.25) is 0 Å². The molecule has 2 aromatic carbocycles. The first kappa shape index (κ1) is 14.1. The van der Waals surface area contributed by atoms with Crippen molar-refractivity contribution in [1.29, 1.82) is 0 Å². The molecular weight excluding hydrogens is 290 g/mol. The summed E-state index contributed by atoms with van der Waals surface area (Å²) in [4.78, 5) is 5.64. The van der Waals surface area contributed by atoms with Gasteiger partial charge in [-0.2, -0.15) is 8.42 Å². The molecule has 0 atom stereocenters. The molecule has 21 heavy (non-hydrogen) atoms. The molecule has 1 aliphatic heterocycles. The van der Waals surface area contributed by atoms with E-state index in [1.165, 1.54) is 17.2 Å². The molecule has 0 bridgehead atoms. The van der Waals surface area contributed by atoms with Crippen LogP contribution in [0.2, 0.25) is 0 Å². The van der Waals surface area contributed by atoms with Gasteiger partial charge in [0.1, 0.15) is 0 Å². The normalized spacial score (nSPS) is 14.7. The summed E-state index contributed by atoms with van der Waals surface area (Å²) in [5.41, 5.74) is 2.00. The summed E-state index contributed by atoms with van der Waals surface area (Å²) in [5, 5.41) is 1.47. The van der Waals surface area contributed by atoms with Gasteiger partial charge in [-0.25, -0.2) is 4.18 Å². The molecule has 0 spiro atoms. The predicted octanol–water partition coefficient (Wildman–Crippen LogP) is 2.47. The number of hydrogen-bond donors (Lipinski definition) is 0. The molecular formula is C15H15NO4S. The third kappa shape index (κ3) is 3.07. The molecule has 0 unspecified atom stereocenters. The Morgan fingerprint density at radius 1 is 1.14 bits per heavy atom. The lowest BCUT2D eigenvalue weighted by Crippen LogP contribution is -2.26. The molecule has 0 saturated heterocycles. The molecule has 2 aromatic rings. The van der Waals surface area contributed by atoms with E-state index in [-0.39, 0.29) is 11.6 Å². The first-order valence-electron chi connectivity index (χ1n) is 6.51. The van der Waals surface area contributed by atoms with Crippen LogP contribution in [0.5, 0.6) is 5.75 Å². The number of rotatable bonds is 4. The van der Waals surface area contributed by atoms with Crippen molar-refractivity contribution in [3.63, 3.8) is 0 Å². The zero-order valence-corrected chi connectivity index (χ0v) is 12.3. The van der Waals surface area contributed by atoms with E-state index >= 15 is 0 Å². The van der Waals surface area contributed by atoms with Crippen LogP contribution in [-0.4, -0.2) is 20.2 Å². The Balaban J connectivity index is 1.65. The van der Waals surface area contributed by atoms with Crippen LogP contribution >= 0.6 is 0 Å². The van der Waals surface area contributed by atoms with E-state index < -0.39 is 10.1 Å². The van der Waals surface area contributed by atoms with E-state index in [0.717, 1.165) is 16.9 Å². The first-order valence-corrected chi connectivity index (χ1v) is 7.92. The largest absolute Gasteiger partial charge is 0.403 e. The fourth-order valence-corrected chi connectivity index (χ4v) is 2.92. The summed E-state index contributed by atoms with van der Waals surface area (Å²) < 4.78 is 29.2. The second kappa shape index (κ2) is 5.48. The summed E-state index contributed by atoms with van der Waals surface area (Å²) in [5.74, 6) is 0.730. The highest BCUT2D eigenvalue weighted by Crippen LogP contribution is 2.27. The van der Waals surface area contributed by atoms with Crippen molar-refractivity contribution in [2.45, 2.75) is 18.4 Å². The van der Waals surface area contributed by atoms with Crippen molar-refractivity contribution in [2.24, 2.45) is 0 Å². The van der Waals surface area contributed by atoms with Crippen LogP contribution in [0.15, 0.2) is 53.4 Å². The van der Waals surface area contributed by atoms with Gasteiger partial charge in [0.25, 0.3) is 10.1 Å². The number of nitrogens with zero attached hydrogens (tertiary/aromatic N) is 1. The van der Waals surface area contributed by atoms with E-state index in [4.69, 9.17) is 9.02 Å². The first-order chi connectivity index (χ1) is 10.0. The Morgan fingerprint density at radius 2 is 1.86 bits per heavy atom. The number of aryl methyl sites for hydroxylation is 1. The predicted molar refractivity (Wildman–Crippen MR) is 76.9 cm³/mol. The molecule has 110 valence electrons. The minimum atomic E-state index is -3.77. The highest BCUT2D eigenvalue weighted by molar-refractivity contribution is 7.86. The minimum Gasteiger partial charge on any atom is -0.403 e. The maximum atomic E-state index is 12.1. The van der Waals surface area contributed by atoms with Gasteiger partial charge in [-0.05, 0) is 25.1 Å². The van der Waals surface area contributed by atoms with Crippen LogP contribution in [0.25, 0.3) is 0 Å². The molecule has 0 aliphatic carbocycles. The average Bonchev–Trinajstić information content (AvgIpc) is 2.89. The minimum absolute atomic E-state index is 0.143. The van der Waals surface area contributed by atoms with Crippen molar-refractivity contribution in [3.8, 4) is 5.75 Å². The van der Waals surface area contributed by atoms with Crippen LogP contribution in [0.4, 0.5) is 0 Å². The monoisotopic (exact) mass is 305 g/mol. The molecule has 0 aromatic heterocycles. The van der Waals surface area contributed by atoms with Gasteiger partial charge in [-0.15, -0.1) is 5.06 Å². The Morgan fingerprint density at radius 3 is 2.57 bits per heavy atom. The van der Waals surface area contributed by atoms with Crippen molar-refractivity contribution in [1.82, 2.24) is 5.06 Å². The quantitative estimate of drug-likeness (QED) is 0.812. The van der Waals surface area contributed by atoms with E-state index in [9.17, 15) is 8.42 Å². The average molecular weight is 305 g/mol. The van der Waals surface area contributed by atoms with Crippen molar-refractivity contribution < 1.29 is 17.4 Å². The fraction of sp³-hybridized carbons (Fsp3) is 0.200. The lowest BCUT2D eigenvalue weighted by Gasteiger charge is -2.14. The SMILES string of the molecule is Cc1ccc(S(=O)(=O)OCN2Cc3ccccc3O2)cc1. The van der Waals surface area contributed by atoms with E-state index in [0.29, 0.717) is 6.54 Å². The van der Waals surface area contributed by atoms with Crippen LogP contribution in [-0.2, 0) is 20.8 Å².